The first-order valence-corrected chi connectivity index (χ1v) is 9.50. The van der Waals surface area contributed by atoms with Crippen molar-refractivity contribution in [3.8, 4) is 22.1 Å². The summed E-state index contributed by atoms with van der Waals surface area (Å²) in [6, 6.07) is 13.6. The smallest absolute Gasteiger partial charge is 0.224 e. The van der Waals surface area contributed by atoms with Gasteiger partial charge in [0.15, 0.2) is 0 Å². The van der Waals surface area contributed by atoms with Crippen LogP contribution in [0.2, 0.25) is 0 Å². The van der Waals surface area contributed by atoms with E-state index in [0.717, 1.165) is 16.3 Å². The molecule has 140 valence electrons. The van der Waals surface area contributed by atoms with Crippen molar-refractivity contribution in [1.29, 1.82) is 0 Å². The van der Waals surface area contributed by atoms with Crippen LogP contribution in [0.3, 0.4) is 0 Å². The van der Waals surface area contributed by atoms with Crippen LogP contribution in [-0.4, -0.2) is 25.1 Å². The molecule has 0 bridgehead atoms. The molecule has 2 aromatic carbocycles. The van der Waals surface area contributed by atoms with Gasteiger partial charge >= 0.3 is 0 Å². The molecule has 1 heterocycles. The van der Waals surface area contributed by atoms with Gasteiger partial charge in [0.2, 0.25) is 5.91 Å². The van der Waals surface area contributed by atoms with Crippen LogP contribution in [0.1, 0.15) is 17.7 Å². The van der Waals surface area contributed by atoms with Crippen LogP contribution in [0.4, 0.5) is 5.69 Å². The average molecular weight is 382 g/mol. The third kappa shape index (κ3) is 4.86. The fraction of sp³-hybridized carbons (Fsp3) is 0.238. The number of aromatic nitrogens is 1. The predicted octanol–water partition coefficient (Wildman–Crippen LogP) is 4.71. The number of aryl methyl sites for hydroxylation is 2. The van der Waals surface area contributed by atoms with Crippen molar-refractivity contribution >= 4 is 22.9 Å². The largest absolute Gasteiger partial charge is 0.497 e. The quantitative estimate of drug-likeness (QED) is 0.643. The normalized spacial score (nSPS) is 10.5. The maximum absolute atomic E-state index is 12.3. The summed E-state index contributed by atoms with van der Waals surface area (Å²) in [5, 5.41) is 5.87. The lowest BCUT2D eigenvalue weighted by molar-refractivity contribution is -0.116. The number of benzene rings is 2. The van der Waals surface area contributed by atoms with Crippen molar-refractivity contribution in [1.82, 2.24) is 4.98 Å². The van der Waals surface area contributed by atoms with Crippen molar-refractivity contribution < 1.29 is 14.3 Å². The van der Waals surface area contributed by atoms with Crippen LogP contribution in [-0.2, 0) is 11.2 Å². The van der Waals surface area contributed by atoms with Gasteiger partial charge in [-0.1, -0.05) is 29.8 Å². The van der Waals surface area contributed by atoms with Gasteiger partial charge in [0, 0.05) is 23.4 Å². The molecule has 1 N–H and O–H groups in total. The summed E-state index contributed by atoms with van der Waals surface area (Å²) < 4.78 is 10.5. The maximum Gasteiger partial charge on any atom is 0.224 e. The zero-order valence-electron chi connectivity index (χ0n) is 15.6. The van der Waals surface area contributed by atoms with E-state index in [2.05, 4.69) is 41.5 Å². The van der Waals surface area contributed by atoms with E-state index < -0.39 is 0 Å². The first kappa shape index (κ1) is 18.9. The monoisotopic (exact) mass is 382 g/mol. The third-order valence-corrected chi connectivity index (χ3v) is 5.08. The van der Waals surface area contributed by atoms with E-state index in [9.17, 15) is 4.79 Å². The van der Waals surface area contributed by atoms with E-state index in [1.54, 1.807) is 43.8 Å². The first-order valence-electron chi connectivity index (χ1n) is 8.62. The Bertz CT molecular complexity index is 919. The lowest BCUT2D eigenvalue weighted by Crippen LogP contribution is -2.13. The second-order valence-corrected chi connectivity index (χ2v) is 6.98. The second kappa shape index (κ2) is 8.68. The van der Waals surface area contributed by atoms with Crippen LogP contribution >= 0.6 is 11.3 Å². The van der Waals surface area contributed by atoms with Crippen molar-refractivity contribution in [3.05, 3.63) is 59.1 Å². The number of anilines is 1. The minimum Gasteiger partial charge on any atom is -0.497 e. The fourth-order valence-corrected chi connectivity index (χ4v) is 3.47. The van der Waals surface area contributed by atoms with Gasteiger partial charge in [0.25, 0.3) is 0 Å². The number of hydrogen-bond donors (Lipinski definition) is 1. The Hall–Kier alpha value is -2.86. The molecule has 5 nitrogen and oxygen atoms in total. The van der Waals surface area contributed by atoms with Gasteiger partial charge in [-0.3, -0.25) is 4.79 Å². The van der Waals surface area contributed by atoms with E-state index in [1.165, 1.54) is 5.56 Å². The van der Waals surface area contributed by atoms with E-state index in [1.807, 2.05) is 5.38 Å². The molecule has 3 rings (SSSR count). The van der Waals surface area contributed by atoms with E-state index in [-0.39, 0.29) is 5.91 Å². The number of nitrogens with zero attached hydrogens (tertiary/aromatic N) is 1. The molecule has 3 aromatic rings. The van der Waals surface area contributed by atoms with Crippen LogP contribution in [0.15, 0.2) is 47.8 Å². The van der Waals surface area contributed by atoms with Crippen LogP contribution in [0.5, 0.6) is 11.5 Å². The van der Waals surface area contributed by atoms with Crippen molar-refractivity contribution in [2.75, 3.05) is 19.5 Å². The fourth-order valence-electron chi connectivity index (χ4n) is 2.61. The average Bonchev–Trinajstić information content (AvgIpc) is 3.16. The first-order chi connectivity index (χ1) is 13.1. The molecule has 0 aliphatic carbocycles. The van der Waals surface area contributed by atoms with E-state index >= 15 is 0 Å². The highest BCUT2D eigenvalue weighted by molar-refractivity contribution is 7.13. The molecular weight excluding hydrogens is 360 g/mol. The van der Waals surface area contributed by atoms with Crippen LogP contribution in [0.25, 0.3) is 10.6 Å². The lowest BCUT2D eigenvalue weighted by atomic mass is 10.1. The standard InChI is InChI=1S/C21H22N2O3S/c1-14-4-6-15(7-5-14)21-22-16(13-27-21)8-11-20(24)23-18-10-9-17(25-2)12-19(18)26-3/h4-7,9-10,12-13H,8,11H2,1-3H3,(H,23,24). The van der Waals surface area contributed by atoms with Gasteiger partial charge in [0.05, 0.1) is 25.6 Å². The Kier molecular flexibility index (Phi) is 6.08. The summed E-state index contributed by atoms with van der Waals surface area (Å²) in [4.78, 5) is 16.9. The van der Waals surface area contributed by atoms with E-state index in [0.29, 0.717) is 30.0 Å². The molecule has 0 radical (unpaired) electrons. The summed E-state index contributed by atoms with van der Waals surface area (Å²) in [7, 11) is 3.15. The number of carbonyl (C=O) groups excluding carboxylic acids is 1. The Morgan fingerprint density at radius 3 is 2.59 bits per heavy atom. The number of methoxy groups -OCH3 is 2. The van der Waals surface area contributed by atoms with Crippen LogP contribution in [0, 0.1) is 6.92 Å². The van der Waals surface area contributed by atoms with Gasteiger partial charge in [-0.15, -0.1) is 11.3 Å². The highest BCUT2D eigenvalue weighted by Gasteiger charge is 2.11. The Morgan fingerprint density at radius 1 is 1.11 bits per heavy atom. The Morgan fingerprint density at radius 2 is 1.89 bits per heavy atom. The van der Waals surface area contributed by atoms with Gasteiger partial charge in [-0.2, -0.15) is 0 Å². The highest BCUT2D eigenvalue weighted by atomic mass is 32.1. The Balaban J connectivity index is 1.59. The van der Waals surface area contributed by atoms with Gasteiger partial charge in [-0.05, 0) is 25.5 Å². The summed E-state index contributed by atoms with van der Waals surface area (Å²) >= 11 is 1.60. The number of hydrogen-bond acceptors (Lipinski definition) is 5. The van der Waals surface area contributed by atoms with Gasteiger partial charge < -0.3 is 14.8 Å². The molecule has 1 aromatic heterocycles. The van der Waals surface area contributed by atoms with Crippen LogP contribution < -0.4 is 14.8 Å². The zero-order valence-corrected chi connectivity index (χ0v) is 16.4. The molecule has 6 heteroatoms. The molecule has 0 atom stereocenters. The predicted molar refractivity (Wildman–Crippen MR) is 109 cm³/mol. The molecule has 0 unspecified atom stereocenters. The topological polar surface area (TPSA) is 60.5 Å². The van der Waals surface area contributed by atoms with Crippen molar-refractivity contribution in [2.24, 2.45) is 0 Å². The molecule has 27 heavy (non-hydrogen) atoms. The number of ether oxygens (including phenoxy) is 2. The van der Waals surface area contributed by atoms with Gasteiger partial charge in [-0.25, -0.2) is 4.98 Å². The molecule has 1 amide bonds. The van der Waals surface area contributed by atoms with Gasteiger partial charge in [0.1, 0.15) is 16.5 Å². The molecule has 0 aliphatic heterocycles. The molecule has 0 aliphatic rings. The van der Waals surface area contributed by atoms with E-state index in [4.69, 9.17) is 9.47 Å². The number of amides is 1. The lowest BCUT2D eigenvalue weighted by Gasteiger charge is -2.11. The minimum atomic E-state index is -0.0802. The molecule has 0 fully saturated rings. The zero-order chi connectivity index (χ0) is 19.2. The summed E-state index contributed by atoms with van der Waals surface area (Å²) in [5.74, 6) is 1.16. The molecule has 0 saturated heterocycles. The molecule has 0 saturated carbocycles. The number of carbonyl (C=O) groups is 1. The highest BCUT2D eigenvalue weighted by Crippen LogP contribution is 2.29. The summed E-state index contributed by atoms with van der Waals surface area (Å²) in [6.07, 6.45) is 0.943. The third-order valence-electron chi connectivity index (χ3n) is 4.14. The number of thiazole rings is 1. The van der Waals surface area contributed by atoms with Crippen molar-refractivity contribution in [3.63, 3.8) is 0 Å². The Labute approximate surface area is 163 Å². The summed E-state index contributed by atoms with van der Waals surface area (Å²) in [5.41, 5.74) is 3.87. The molecule has 0 spiro atoms. The number of nitrogens with one attached hydrogen (secondary N) is 1. The molecular formula is C21H22N2O3S. The van der Waals surface area contributed by atoms with Crippen molar-refractivity contribution in [2.45, 2.75) is 19.8 Å². The summed E-state index contributed by atoms with van der Waals surface area (Å²) in [6.45, 7) is 2.06. The number of rotatable bonds is 7. The minimum absolute atomic E-state index is 0.0802. The maximum atomic E-state index is 12.3. The SMILES string of the molecule is COc1ccc(NC(=O)CCc2csc(-c3ccc(C)cc3)n2)c(OC)c1. The second-order valence-electron chi connectivity index (χ2n) is 6.12.